The van der Waals surface area contributed by atoms with Crippen molar-refractivity contribution in [2.45, 2.75) is 0 Å². The van der Waals surface area contributed by atoms with Crippen LogP contribution >= 0.6 is 0 Å². The third-order valence-electron chi connectivity index (χ3n) is 0. The van der Waals surface area contributed by atoms with E-state index in [2.05, 4.69) is 0 Å². The molecule has 0 aromatic rings. The monoisotopic (exact) mass is 177 g/mol. The maximum atomic E-state index is 8.24. The van der Waals surface area contributed by atoms with Crippen molar-refractivity contribution in [3.63, 3.8) is 0 Å². The molecule has 0 heterocycles. The van der Waals surface area contributed by atoms with Crippen LogP contribution < -0.4 is 15.3 Å². The van der Waals surface area contributed by atoms with Gasteiger partial charge in [-0.25, -0.2) is 15.8 Å². The number of hydrogen-bond acceptors (Lipinski definition) is 6. The van der Waals surface area contributed by atoms with Crippen LogP contribution in [0.4, 0.5) is 0 Å². The molecule has 0 aliphatic rings. The molecule has 0 bridgehead atoms. The molecule has 0 radical (unpaired) electrons. The van der Waals surface area contributed by atoms with Crippen LogP contribution in [0.5, 0.6) is 0 Å². The van der Waals surface area contributed by atoms with Crippen molar-refractivity contribution < 1.29 is 33.9 Å². The van der Waals surface area contributed by atoms with E-state index in [9.17, 15) is 0 Å². The van der Waals surface area contributed by atoms with Gasteiger partial charge in [-0.05, 0) is 0 Å². The van der Waals surface area contributed by atoms with Crippen molar-refractivity contribution in [3.05, 3.63) is 0 Å². The summed E-state index contributed by atoms with van der Waals surface area (Å²) < 4.78 is 0. The van der Waals surface area contributed by atoms with E-state index in [4.69, 9.17) is 31.1 Å². The van der Waals surface area contributed by atoms with E-state index in [1.165, 1.54) is 0 Å². The van der Waals surface area contributed by atoms with Gasteiger partial charge in [0.05, 0.1) is 0 Å². The van der Waals surface area contributed by atoms with E-state index in [1.807, 2.05) is 0 Å². The number of rotatable bonds is 0. The minimum atomic E-state index is 0. The third-order valence-corrected chi connectivity index (χ3v) is 0. The zero-order valence-electron chi connectivity index (χ0n) is 4.51. The number of nitriles is 3. The zero-order chi connectivity index (χ0) is 8.12. The van der Waals surface area contributed by atoms with Crippen LogP contribution in [0.2, 0.25) is 0 Å². The Labute approximate surface area is 69.0 Å². The minimum Gasteiger partial charge on any atom is -0.812 e. The van der Waals surface area contributed by atoms with Crippen molar-refractivity contribution in [2.24, 2.45) is 0 Å². The fraction of sp³-hybridized carbons (Fsp3) is 0. The molecule has 0 atom stereocenters. The third kappa shape index (κ3) is 80.4. The van der Waals surface area contributed by atoms with Gasteiger partial charge in [-0.1, -0.05) is 0 Å². The van der Waals surface area contributed by atoms with Gasteiger partial charge in [0.15, 0.2) is 0 Å². The van der Waals surface area contributed by atoms with E-state index in [-0.39, 0.29) is 18.6 Å². The minimum absolute atomic E-state index is 0. The van der Waals surface area contributed by atoms with Crippen molar-refractivity contribution in [1.82, 2.24) is 0 Å². The Balaban J connectivity index is -0.0000000257. The Bertz CT molecular complexity index is 112. The van der Waals surface area contributed by atoms with Gasteiger partial charge in [0.1, 0.15) is 0 Å². The summed E-state index contributed by atoms with van der Waals surface area (Å²) in [7, 11) is 0. The molecule has 0 fully saturated rings. The fourth-order valence-electron chi connectivity index (χ4n) is 0. The second-order valence-corrected chi connectivity index (χ2v) is 0.274. The molecule has 0 aliphatic carbocycles. The summed E-state index contributed by atoms with van der Waals surface area (Å²) in [5.41, 5.74) is 0. The number of nitrogens with zero attached hydrogens (tertiary/aromatic N) is 3. The Kier molecular flexibility index (Phi) is 348. The molecule has 0 amide bonds. The van der Waals surface area contributed by atoms with E-state index < -0.39 is 0 Å². The van der Waals surface area contributed by atoms with Crippen molar-refractivity contribution in [1.29, 1.82) is 15.8 Å². The van der Waals surface area contributed by atoms with Crippen LogP contribution in [-0.4, -0.2) is 0 Å². The van der Waals surface area contributed by atoms with Gasteiger partial charge in [-0.2, -0.15) is 0 Å². The molecule has 0 spiro atoms. The average Bonchev–Trinajstić information content (AvgIpc) is 1.70. The van der Waals surface area contributed by atoms with Gasteiger partial charge in [-0.3, -0.25) is 0 Å². The van der Waals surface area contributed by atoms with Gasteiger partial charge in [0.25, 0.3) is 0 Å². The Morgan fingerprint density at radius 3 is 0.700 bits per heavy atom. The summed E-state index contributed by atoms with van der Waals surface area (Å²) in [4.78, 5) is 0. The summed E-state index contributed by atoms with van der Waals surface area (Å²) >= 11 is 0. The Morgan fingerprint density at radius 1 is 0.700 bits per heavy atom. The van der Waals surface area contributed by atoms with Gasteiger partial charge in [0, 0.05) is 18.8 Å². The molecule has 0 saturated carbocycles. The van der Waals surface area contributed by atoms with E-state index >= 15 is 0 Å². The maximum Gasteiger partial charge on any atom is 3.00 e. The predicted molar refractivity (Wildman–Crippen MR) is 16.8 cm³/mol. The summed E-state index contributed by atoms with van der Waals surface area (Å²) in [6.45, 7) is 0. The SMILES string of the molecule is N#C[O-].N#C[O-].N#C[O-].[V+3]. The zero-order valence-corrected chi connectivity index (χ0v) is 5.91. The van der Waals surface area contributed by atoms with E-state index in [0.717, 1.165) is 0 Å². The molecule has 50 valence electrons. The molecule has 0 aliphatic heterocycles. The first-order valence-corrected chi connectivity index (χ1v) is 1.28. The Morgan fingerprint density at radius 2 is 0.700 bits per heavy atom. The molecule has 10 heavy (non-hydrogen) atoms. The van der Waals surface area contributed by atoms with Crippen molar-refractivity contribution in [2.75, 3.05) is 0 Å². The van der Waals surface area contributed by atoms with Crippen molar-refractivity contribution in [3.8, 4) is 18.8 Å². The van der Waals surface area contributed by atoms with Gasteiger partial charge in [0.2, 0.25) is 0 Å². The average molecular weight is 177 g/mol. The molecular formula is C3N3O3V. The maximum absolute atomic E-state index is 8.24. The van der Waals surface area contributed by atoms with Gasteiger partial charge < -0.3 is 15.3 Å². The van der Waals surface area contributed by atoms with Gasteiger partial charge in [-0.15, -0.1) is 0 Å². The molecule has 0 saturated heterocycles. The summed E-state index contributed by atoms with van der Waals surface area (Å²) in [6.07, 6.45) is 1.50. The van der Waals surface area contributed by atoms with Crippen LogP contribution in [0, 0.1) is 34.6 Å². The fourth-order valence-corrected chi connectivity index (χ4v) is 0. The van der Waals surface area contributed by atoms with Crippen LogP contribution in [0.1, 0.15) is 0 Å². The van der Waals surface area contributed by atoms with Crippen LogP contribution in [-0.2, 0) is 18.6 Å². The molecule has 0 N–H and O–H groups in total. The summed E-state index contributed by atoms with van der Waals surface area (Å²) in [5.74, 6) is 0. The molecule has 6 nitrogen and oxygen atoms in total. The van der Waals surface area contributed by atoms with Crippen molar-refractivity contribution >= 4 is 0 Å². The predicted octanol–water partition coefficient (Wildman–Crippen LogP) is -3.52. The largest absolute Gasteiger partial charge is 3.00 e. The van der Waals surface area contributed by atoms with Crippen LogP contribution in [0.3, 0.4) is 0 Å². The van der Waals surface area contributed by atoms with Crippen LogP contribution in [0.15, 0.2) is 0 Å². The van der Waals surface area contributed by atoms with E-state index in [1.54, 1.807) is 0 Å². The summed E-state index contributed by atoms with van der Waals surface area (Å²) in [6, 6.07) is 0. The normalized spacial score (nSPS) is 2.10. The smallest absolute Gasteiger partial charge is 0.812 e. The standard InChI is InChI=1S/3CHNO.V/c3*2-1-3;/h3*3H;/q;;;+3/p-3. The topological polar surface area (TPSA) is 141 Å². The quantitative estimate of drug-likeness (QED) is 0.351. The second kappa shape index (κ2) is 147. The van der Waals surface area contributed by atoms with Gasteiger partial charge >= 0.3 is 18.6 Å². The first kappa shape index (κ1) is 23.7. The number of hydrogen-bond donors (Lipinski definition) is 0. The molecule has 0 rings (SSSR count). The first-order valence-electron chi connectivity index (χ1n) is 1.28. The Hall–Kier alpha value is -1.55. The molecule has 7 heteroatoms. The first-order chi connectivity index (χ1) is 4.24. The molecule has 0 unspecified atom stereocenters. The molecule has 0 aromatic carbocycles. The summed E-state index contributed by atoms with van der Waals surface area (Å²) in [5, 5.41) is 45.0. The molecule has 0 aromatic heterocycles. The second-order valence-electron chi connectivity index (χ2n) is 0.274. The van der Waals surface area contributed by atoms with E-state index in [0.29, 0.717) is 18.8 Å². The van der Waals surface area contributed by atoms with Crippen LogP contribution in [0.25, 0.3) is 0 Å². The molecular weight excluding hydrogens is 177 g/mol.